The predicted molar refractivity (Wildman–Crippen MR) is 80.0 cm³/mol. The maximum Gasteiger partial charge on any atom is 0.120 e. The monoisotopic (exact) mass is 277 g/mol. The Kier molecular flexibility index (Phi) is 3.65. The van der Waals surface area contributed by atoms with E-state index in [9.17, 15) is 4.79 Å². The van der Waals surface area contributed by atoms with Crippen LogP contribution in [-0.4, -0.2) is 17.8 Å². The maximum atomic E-state index is 11.0. The summed E-state index contributed by atoms with van der Waals surface area (Å²) in [7, 11) is 0. The van der Waals surface area contributed by atoms with Crippen LogP contribution in [0.2, 0.25) is 0 Å². The highest BCUT2D eigenvalue weighted by molar-refractivity contribution is 5.63. The van der Waals surface area contributed by atoms with Crippen molar-refractivity contribution >= 4 is 12.0 Å². The van der Waals surface area contributed by atoms with Gasteiger partial charge in [-0.3, -0.25) is 4.98 Å². The van der Waals surface area contributed by atoms with Crippen LogP contribution in [0.3, 0.4) is 0 Å². The van der Waals surface area contributed by atoms with E-state index in [4.69, 9.17) is 5.26 Å². The molecule has 0 amide bonds. The molecule has 1 aromatic heterocycles. The van der Waals surface area contributed by atoms with Crippen LogP contribution in [0.5, 0.6) is 0 Å². The lowest BCUT2D eigenvalue weighted by Crippen LogP contribution is -2.04. The lowest BCUT2D eigenvalue weighted by atomic mass is 9.90. The van der Waals surface area contributed by atoms with Gasteiger partial charge in [0.15, 0.2) is 0 Å². The number of nitrogens with one attached hydrogen (secondary N) is 1. The molecule has 0 spiro atoms. The van der Waals surface area contributed by atoms with E-state index >= 15 is 0 Å². The first-order valence-electron chi connectivity index (χ1n) is 6.95. The number of hydrogen-bond donors (Lipinski definition) is 1. The number of nitriles is 1. The van der Waals surface area contributed by atoms with Gasteiger partial charge in [-0.05, 0) is 29.3 Å². The molecule has 1 aliphatic rings. The van der Waals surface area contributed by atoms with Gasteiger partial charge in [0.2, 0.25) is 0 Å². The van der Waals surface area contributed by atoms with Gasteiger partial charge in [-0.15, -0.1) is 0 Å². The molecule has 104 valence electrons. The molecule has 0 saturated carbocycles. The molecule has 21 heavy (non-hydrogen) atoms. The van der Waals surface area contributed by atoms with Crippen molar-refractivity contribution in [2.45, 2.75) is 18.3 Å². The van der Waals surface area contributed by atoms with Crippen LogP contribution in [0, 0.1) is 11.3 Å². The topological polar surface area (TPSA) is 65.8 Å². The Balaban J connectivity index is 1.98. The highest BCUT2D eigenvalue weighted by Crippen LogP contribution is 2.35. The molecular weight excluding hydrogens is 262 g/mol. The quantitative estimate of drug-likeness (QED) is 0.873. The van der Waals surface area contributed by atoms with E-state index < -0.39 is 0 Å². The van der Waals surface area contributed by atoms with Crippen molar-refractivity contribution in [1.82, 2.24) is 4.98 Å². The fourth-order valence-corrected chi connectivity index (χ4v) is 2.79. The van der Waals surface area contributed by atoms with E-state index in [-0.39, 0.29) is 11.8 Å². The Hall–Kier alpha value is -2.67. The molecule has 2 atom stereocenters. The zero-order valence-electron chi connectivity index (χ0n) is 11.5. The third-order valence-electron chi connectivity index (χ3n) is 3.88. The summed E-state index contributed by atoms with van der Waals surface area (Å²) in [5.41, 5.74) is 3.96. The zero-order valence-corrected chi connectivity index (χ0v) is 11.5. The molecule has 4 nitrogen and oxygen atoms in total. The van der Waals surface area contributed by atoms with Crippen LogP contribution >= 0.6 is 0 Å². The highest BCUT2D eigenvalue weighted by Gasteiger charge is 2.24. The number of rotatable bonds is 4. The van der Waals surface area contributed by atoms with Gasteiger partial charge in [-0.25, -0.2) is 0 Å². The first kappa shape index (κ1) is 13.3. The summed E-state index contributed by atoms with van der Waals surface area (Å²) < 4.78 is 0. The van der Waals surface area contributed by atoms with Gasteiger partial charge in [-0.1, -0.05) is 18.2 Å². The number of fused-ring (bicyclic) bond motifs is 1. The lowest BCUT2D eigenvalue weighted by molar-refractivity contribution is -0.108. The molecule has 1 aliphatic heterocycles. The van der Waals surface area contributed by atoms with Crippen LogP contribution in [0.15, 0.2) is 42.6 Å². The number of aromatic nitrogens is 1. The number of aldehydes is 1. The Morgan fingerprint density at radius 2 is 2.33 bits per heavy atom. The summed E-state index contributed by atoms with van der Waals surface area (Å²) >= 11 is 0. The Morgan fingerprint density at radius 1 is 1.43 bits per heavy atom. The van der Waals surface area contributed by atoms with Crippen molar-refractivity contribution in [3.8, 4) is 6.07 Å². The van der Waals surface area contributed by atoms with Crippen molar-refractivity contribution in [3.63, 3.8) is 0 Å². The van der Waals surface area contributed by atoms with Gasteiger partial charge >= 0.3 is 0 Å². The Morgan fingerprint density at radius 3 is 3.05 bits per heavy atom. The van der Waals surface area contributed by atoms with E-state index in [0.29, 0.717) is 13.0 Å². The van der Waals surface area contributed by atoms with Crippen molar-refractivity contribution < 1.29 is 4.79 Å². The molecule has 0 radical (unpaired) electrons. The molecule has 0 bridgehead atoms. The summed E-state index contributed by atoms with van der Waals surface area (Å²) in [5.74, 6) is -0.134. The average Bonchev–Trinajstić information content (AvgIpc) is 2.95. The standard InChI is InChI=1S/C17H15N3O/c18-10-13-11-20-17-9-12(4-5-14(13)17)15(6-8-21)16-3-1-2-7-19-16/h1-5,7-9,13,15,20H,6,11H2. The van der Waals surface area contributed by atoms with Gasteiger partial charge in [0, 0.05) is 36.5 Å². The van der Waals surface area contributed by atoms with Crippen LogP contribution < -0.4 is 5.32 Å². The van der Waals surface area contributed by atoms with Crippen molar-refractivity contribution in [2.75, 3.05) is 11.9 Å². The Labute approximate surface area is 123 Å². The van der Waals surface area contributed by atoms with Gasteiger partial charge in [0.1, 0.15) is 6.29 Å². The number of anilines is 1. The molecule has 1 N–H and O–H groups in total. The molecule has 2 unspecified atom stereocenters. The molecule has 0 aliphatic carbocycles. The second kappa shape index (κ2) is 5.76. The molecular formula is C17H15N3O. The highest BCUT2D eigenvalue weighted by atomic mass is 16.1. The van der Waals surface area contributed by atoms with E-state index in [0.717, 1.165) is 28.8 Å². The second-order valence-electron chi connectivity index (χ2n) is 5.12. The minimum absolute atomic E-state index is 0.0445. The van der Waals surface area contributed by atoms with E-state index in [2.05, 4.69) is 16.4 Å². The fraction of sp³-hybridized carbons (Fsp3) is 0.235. The number of carbonyl (C=O) groups excluding carboxylic acids is 1. The average molecular weight is 277 g/mol. The number of benzene rings is 1. The molecule has 0 saturated heterocycles. The smallest absolute Gasteiger partial charge is 0.120 e. The van der Waals surface area contributed by atoms with Crippen LogP contribution in [-0.2, 0) is 4.79 Å². The molecule has 2 aromatic rings. The number of nitrogens with zero attached hydrogens (tertiary/aromatic N) is 2. The van der Waals surface area contributed by atoms with Crippen LogP contribution in [0.4, 0.5) is 5.69 Å². The molecule has 0 fully saturated rings. The minimum atomic E-state index is -0.0894. The Bertz CT molecular complexity index is 691. The number of carbonyl (C=O) groups is 1. The molecule has 2 heterocycles. The summed E-state index contributed by atoms with van der Waals surface area (Å²) in [6.45, 7) is 0.650. The normalized spacial score (nSPS) is 17.4. The van der Waals surface area contributed by atoms with Crippen molar-refractivity contribution in [2.24, 2.45) is 0 Å². The predicted octanol–water partition coefficient (Wildman–Crippen LogP) is 2.84. The van der Waals surface area contributed by atoms with E-state index in [1.165, 1.54) is 0 Å². The first-order valence-corrected chi connectivity index (χ1v) is 6.95. The molecule has 1 aromatic carbocycles. The van der Waals surface area contributed by atoms with Gasteiger partial charge in [-0.2, -0.15) is 5.26 Å². The third kappa shape index (κ3) is 2.50. The van der Waals surface area contributed by atoms with E-state index in [1.54, 1.807) is 6.20 Å². The number of pyridine rings is 1. The van der Waals surface area contributed by atoms with E-state index in [1.807, 2.05) is 36.4 Å². The lowest BCUT2D eigenvalue weighted by Gasteiger charge is -2.15. The largest absolute Gasteiger partial charge is 0.383 e. The van der Waals surface area contributed by atoms with Crippen molar-refractivity contribution in [3.05, 3.63) is 59.4 Å². The summed E-state index contributed by atoms with van der Waals surface area (Å²) in [6.07, 6.45) is 3.07. The van der Waals surface area contributed by atoms with Crippen molar-refractivity contribution in [1.29, 1.82) is 5.26 Å². The maximum absolute atomic E-state index is 11.0. The summed E-state index contributed by atoms with van der Waals surface area (Å²) in [4.78, 5) is 15.4. The fourth-order valence-electron chi connectivity index (χ4n) is 2.79. The van der Waals surface area contributed by atoms with Crippen LogP contribution in [0.25, 0.3) is 0 Å². The first-order chi connectivity index (χ1) is 10.3. The zero-order chi connectivity index (χ0) is 14.7. The number of hydrogen-bond acceptors (Lipinski definition) is 4. The molecule has 3 rings (SSSR count). The van der Waals surface area contributed by atoms with Gasteiger partial charge < -0.3 is 10.1 Å². The summed E-state index contributed by atoms with van der Waals surface area (Å²) in [5, 5.41) is 12.4. The van der Waals surface area contributed by atoms with Gasteiger partial charge in [0.25, 0.3) is 0 Å². The SMILES string of the molecule is N#CC1CNc2cc(C(CC=O)c3ccccn3)ccc21. The summed E-state index contributed by atoms with van der Waals surface area (Å²) in [6, 6.07) is 14.0. The van der Waals surface area contributed by atoms with Gasteiger partial charge in [0.05, 0.1) is 12.0 Å². The third-order valence-corrected chi connectivity index (χ3v) is 3.88. The van der Waals surface area contributed by atoms with Crippen LogP contribution in [0.1, 0.15) is 35.1 Å². The molecule has 4 heteroatoms. The minimum Gasteiger partial charge on any atom is -0.383 e. The second-order valence-corrected chi connectivity index (χ2v) is 5.12.